The van der Waals surface area contributed by atoms with Crippen LogP contribution in [0.5, 0.6) is 28.7 Å². The average Bonchev–Trinajstić information content (AvgIpc) is 2.83. The van der Waals surface area contributed by atoms with E-state index in [0.717, 1.165) is 24.3 Å². The first-order valence-electron chi connectivity index (χ1n) is 9.90. The van der Waals surface area contributed by atoms with Crippen molar-refractivity contribution in [3.05, 3.63) is 65.5 Å². The van der Waals surface area contributed by atoms with E-state index in [1.807, 2.05) is 0 Å². The number of hydrogen-bond donors (Lipinski definition) is 2. The van der Waals surface area contributed by atoms with E-state index >= 15 is 0 Å². The van der Waals surface area contributed by atoms with Crippen LogP contribution in [0.4, 0.5) is 10.1 Å². The Morgan fingerprint density at radius 3 is 1.94 bits per heavy atom. The number of phenols is 1. The molecule has 0 bridgehead atoms. The zero-order valence-corrected chi connectivity index (χ0v) is 19.8. The van der Waals surface area contributed by atoms with Gasteiger partial charge in [0, 0.05) is 11.6 Å². The van der Waals surface area contributed by atoms with Gasteiger partial charge in [0.1, 0.15) is 5.82 Å². The van der Waals surface area contributed by atoms with Gasteiger partial charge < -0.3 is 24.1 Å². The number of anilines is 1. The first-order chi connectivity index (χ1) is 16.2. The summed E-state index contributed by atoms with van der Waals surface area (Å²) in [7, 11) is 1.78. The summed E-state index contributed by atoms with van der Waals surface area (Å²) < 4.78 is 62.5. The Balaban J connectivity index is 2.04. The third kappa shape index (κ3) is 5.34. The molecule has 10 heteroatoms. The molecule has 0 fully saturated rings. The number of benzene rings is 3. The minimum atomic E-state index is -4.05. The van der Waals surface area contributed by atoms with Crippen LogP contribution < -0.4 is 23.7 Å². The molecule has 3 rings (SSSR count). The van der Waals surface area contributed by atoms with Crippen molar-refractivity contribution < 1.29 is 36.9 Å². The number of phenolic OH excluding ortho intramolecular Hbond substituents is 1. The van der Waals surface area contributed by atoms with E-state index in [4.69, 9.17) is 18.9 Å². The number of sulfonamides is 1. The smallest absolute Gasteiger partial charge is 0.261 e. The molecule has 3 aromatic carbocycles. The van der Waals surface area contributed by atoms with Crippen LogP contribution in [-0.4, -0.2) is 42.0 Å². The molecule has 0 heterocycles. The molecule has 3 aromatic rings. The van der Waals surface area contributed by atoms with Gasteiger partial charge in [-0.25, -0.2) is 12.8 Å². The Hall–Kier alpha value is -3.92. The molecule has 0 unspecified atom stereocenters. The lowest BCUT2D eigenvalue weighted by molar-refractivity contribution is 0.324. The van der Waals surface area contributed by atoms with Gasteiger partial charge in [0.2, 0.25) is 5.75 Å². The van der Waals surface area contributed by atoms with Gasteiger partial charge in [0.05, 0.1) is 39.0 Å². The fourth-order valence-corrected chi connectivity index (χ4v) is 4.25. The van der Waals surface area contributed by atoms with Gasteiger partial charge >= 0.3 is 0 Å². The van der Waals surface area contributed by atoms with Crippen molar-refractivity contribution in [3.63, 3.8) is 0 Å². The maximum Gasteiger partial charge on any atom is 0.261 e. The monoisotopic (exact) mass is 489 g/mol. The van der Waals surface area contributed by atoms with Gasteiger partial charge in [-0.15, -0.1) is 0 Å². The topological polar surface area (TPSA) is 103 Å². The number of ether oxygens (including phenoxy) is 4. The minimum absolute atomic E-state index is 0.0711. The zero-order chi connectivity index (χ0) is 24.9. The molecule has 0 amide bonds. The molecule has 0 atom stereocenters. The molecule has 2 N–H and O–H groups in total. The summed E-state index contributed by atoms with van der Waals surface area (Å²) in [5.74, 6) is 0.641. The quantitative estimate of drug-likeness (QED) is 0.336. The third-order valence-corrected chi connectivity index (χ3v) is 6.24. The van der Waals surface area contributed by atoms with Crippen LogP contribution in [-0.2, 0) is 10.0 Å². The van der Waals surface area contributed by atoms with Crippen molar-refractivity contribution in [1.29, 1.82) is 0 Å². The fourth-order valence-electron chi connectivity index (χ4n) is 3.18. The van der Waals surface area contributed by atoms with Gasteiger partial charge in [-0.3, -0.25) is 4.72 Å². The van der Waals surface area contributed by atoms with Crippen LogP contribution in [0, 0.1) is 5.82 Å². The lowest BCUT2D eigenvalue weighted by atomic mass is 10.1. The van der Waals surface area contributed by atoms with Crippen molar-refractivity contribution in [2.75, 3.05) is 33.2 Å². The SMILES string of the molecule is COc1cc(NS(=O)(=O)c2ccc(F)cc2)c(C=Cc2cc(OC)c(OC)c(OC)c2)cc1O. The van der Waals surface area contributed by atoms with E-state index in [9.17, 15) is 17.9 Å². The standard InChI is InChI=1S/C24H24FNO7S/c1-30-21-14-19(26-34(28,29)18-9-7-17(25)8-10-18)16(13-20(21)27)6-5-15-11-22(31-2)24(33-4)23(12-15)32-3/h5-14,26-27H,1-4H3. The van der Waals surface area contributed by atoms with E-state index in [2.05, 4.69) is 4.72 Å². The number of nitrogens with one attached hydrogen (secondary N) is 1. The number of hydrogen-bond acceptors (Lipinski definition) is 7. The van der Waals surface area contributed by atoms with Crippen LogP contribution >= 0.6 is 0 Å². The molecule has 0 saturated carbocycles. The summed E-state index contributed by atoms with van der Waals surface area (Å²) in [4.78, 5) is -0.125. The first-order valence-corrected chi connectivity index (χ1v) is 11.4. The summed E-state index contributed by atoms with van der Waals surface area (Å²) in [6, 6.07) is 10.5. The van der Waals surface area contributed by atoms with Gasteiger partial charge in [0.15, 0.2) is 23.0 Å². The zero-order valence-electron chi connectivity index (χ0n) is 19.0. The van der Waals surface area contributed by atoms with Crippen molar-refractivity contribution in [1.82, 2.24) is 0 Å². The van der Waals surface area contributed by atoms with E-state index in [1.54, 1.807) is 24.3 Å². The highest BCUT2D eigenvalue weighted by Gasteiger charge is 2.18. The van der Waals surface area contributed by atoms with Crippen molar-refractivity contribution in [2.45, 2.75) is 4.90 Å². The molecule has 180 valence electrons. The Morgan fingerprint density at radius 1 is 0.824 bits per heavy atom. The number of rotatable bonds is 9. The Kier molecular flexibility index (Phi) is 7.52. The van der Waals surface area contributed by atoms with Gasteiger partial charge in [-0.1, -0.05) is 12.2 Å². The van der Waals surface area contributed by atoms with Crippen LogP contribution in [0.25, 0.3) is 12.2 Å². The first kappa shape index (κ1) is 24.7. The third-order valence-electron chi connectivity index (χ3n) is 4.86. The van der Waals surface area contributed by atoms with E-state index in [-0.39, 0.29) is 22.1 Å². The molecule has 0 radical (unpaired) electrons. The molecule has 0 aliphatic rings. The summed E-state index contributed by atoms with van der Waals surface area (Å²) >= 11 is 0. The summed E-state index contributed by atoms with van der Waals surface area (Å²) in [6.45, 7) is 0. The van der Waals surface area contributed by atoms with Gasteiger partial charge in [-0.05, 0) is 48.0 Å². The normalized spacial score (nSPS) is 11.3. The molecule has 8 nitrogen and oxygen atoms in total. The number of halogens is 1. The molecule has 0 aliphatic carbocycles. The highest BCUT2D eigenvalue weighted by atomic mass is 32.2. The van der Waals surface area contributed by atoms with Gasteiger partial charge in [-0.2, -0.15) is 0 Å². The van der Waals surface area contributed by atoms with Gasteiger partial charge in [0.25, 0.3) is 10.0 Å². The second-order valence-corrected chi connectivity index (χ2v) is 8.65. The highest BCUT2D eigenvalue weighted by molar-refractivity contribution is 7.92. The summed E-state index contributed by atoms with van der Waals surface area (Å²) in [5, 5.41) is 10.3. The molecule has 0 spiro atoms. The highest BCUT2D eigenvalue weighted by Crippen LogP contribution is 2.39. The number of aromatic hydroxyl groups is 1. The Bertz CT molecular complexity index is 1280. The molecular formula is C24H24FNO7S. The fraction of sp³-hybridized carbons (Fsp3) is 0.167. The Morgan fingerprint density at radius 2 is 1.41 bits per heavy atom. The lowest BCUT2D eigenvalue weighted by Gasteiger charge is -2.14. The van der Waals surface area contributed by atoms with Crippen molar-refractivity contribution in [3.8, 4) is 28.7 Å². The Labute approximate surface area is 197 Å². The van der Waals surface area contributed by atoms with Crippen LogP contribution in [0.2, 0.25) is 0 Å². The van der Waals surface area contributed by atoms with Crippen LogP contribution in [0.15, 0.2) is 53.4 Å². The predicted molar refractivity (Wildman–Crippen MR) is 127 cm³/mol. The largest absolute Gasteiger partial charge is 0.504 e. The summed E-state index contributed by atoms with van der Waals surface area (Å²) in [6.07, 6.45) is 3.28. The lowest BCUT2D eigenvalue weighted by Crippen LogP contribution is -2.14. The maximum absolute atomic E-state index is 13.2. The van der Waals surface area contributed by atoms with Crippen molar-refractivity contribution >= 4 is 27.9 Å². The molecular weight excluding hydrogens is 465 g/mol. The van der Waals surface area contributed by atoms with Crippen LogP contribution in [0.1, 0.15) is 11.1 Å². The second kappa shape index (κ2) is 10.3. The number of methoxy groups -OCH3 is 4. The second-order valence-electron chi connectivity index (χ2n) is 6.96. The average molecular weight is 490 g/mol. The van der Waals surface area contributed by atoms with E-state index in [1.165, 1.54) is 40.6 Å². The predicted octanol–water partition coefficient (Wildman–Crippen LogP) is 4.54. The van der Waals surface area contributed by atoms with E-state index in [0.29, 0.717) is 28.4 Å². The molecule has 0 saturated heterocycles. The maximum atomic E-state index is 13.2. The minimum Gasteiger partial charge on any atom is -0.504 e. The molecule has 34 heavy (non-hydrogen) atoms. The van der Waals surface area contributed by atoms with Crippen LogP contribution in [0.3, 0.4) is 0 Å². The molecule has 0 aromatic heterocycles. The molecule has 0 aliphatic heterocycles. The van der Waals surface area contributed by atoms with Crippen molar-refractivity contribution in [2.24, 2.45) is 0 Å². The van der Waals surface area contributed by atoms with E-state index < -0.39 is 15.8 Å². The summed E-state index contributed by atoms with van der Waals surface area (Å²) in [5.41, 5.74) is 1.15.